The largest absolute Gasteiger partial charge is 0.335 e. The van der Waals surface area contributed by atoms with Crippen LogP contribution < -0.4 is 0 Å². The molecule has 1 amide bonds. The number of amides is 1. The first-order valence-electron chi connectivity index (χ1n) is 8.50. The van der Waals surface area contributed by atoms with Gasteiger partial charge < -0.3 is 4.90 Å². The lowest BCUT2D eigenvalue weighted by atomic mass is 10.1. The van der Waals surface area contributed by atoms with Crippen molar-refractivity contribution < 1.29 is 4.79 Å². The summed E-state index contributed by atoms with van der Waals surface area (Å²) >= 11 is 0. The Kier molecular flexibility index (Phi) is 4.05. The van der Waals surface area contributed by atoms with E-state index >= 15 is 0 Å². The fourth-order valence-electron chi connectivity index (χ4n) is 3.25. The molecule has 0 saturated carbocycles. The molecule has 7 nitrogen and oxygen atoms in total. The SMILES string of the molecule is Cc1nn(-c2ccccc2)nc1C(=O)N1CCCC(n2cccn2)C1. The van der Waals surface area contributed by atoms with Crippen LogP contribution in [0.15, 0.2) is 48.8 Å². The molecule has 3 aromatic rings. The normalized spacial score (nSPS) is 17.6. The van der Waals surface area contributed by atoms with Crippen molar-refractivity contribution in [1.82, 2.24) is 29.7 Å². The Morgan fingerprint density at radius 3 is 2.76 bits per heavy atom. The molecule has 0 spiro atoms. The maximum absolute atomic E-state index is 13.0. The van der Waals surface area contributed by atoms with Crippen LogP contribution in [0.5, 0.6) is 0 Å². The van der Waals surface area contributed by atoms with E-state index in [0.717, 1.165) is 25.1 Å². The molecule has 1 unspecified atom stereocenters. The predicted molar refractivity (Wildman–Crippen MR) is 92.5 cm³/mol. The van der Waals surface area contributed by atoms with Crippen LogP contribution in [-0.4, -0.2) is 48.7 Å². The first-order valence-corrected chi connectivity index (χ1v) is 8.50. The van der Waals surface area contributed by atoms with Gasteiger partial charge >= 0.3 is 0 Å². The maximum Gasteiger partial charge on any atom is 0.276 e. The van der Waals surface area contributed by atoms with Gasteiger partial charge in [-0.2, -0.15) is 15.0 Å². The first kappa shape index (κ1) is 15.6. The van der Waals surface area contributed by atoms with Crippen molar-refractivity contribution in [2.24, 2.45) is 0 Å². The Bertz CT molecular complexity index is 855. The maximum atomic E-state index is 13.0. The number of benzene rings is 1. The number of hydrogen-bond acceptors (Lipinski definition) is 4. The average molecular weight is 336 g/mol. The lowest BCUT2D eigenvalue weighted by Gasteiger charge is -2.32. The number of aromatic nitrogens is 5. The van der Waals surface area contributed by atoms with E-state index in [4.69, 9.17) is 0 Å². The van der Waals surface area contributed by atoms with Crippen LogP contribution in [0, 0.1) is 6.92 Å². The Morgan fingerprint density at radius 1 is 1.16 bits per heavy atom. The summed E-state index contributed by atoms with van der Waals surface area (Å²) in [5, 5.41) is 13.2. The minimum atomic E-state index is -0.0588. The highest BCUT2D eigenvalue weighted by molar-refractivity contribution is 5.93. The lowest BCUT2D eigenvalue weighted by Crippen LogP contribution is -2.41. The van der Waals surface area contributed by atoms with Crippen LogP contribution in [-0.2, 0) is 0 Å². The van der Waals surface area contributed by atoms with E-state index in [-0.39, 0.29) is 11.9 Å². The molecule has 7 heteroatoms. The van der Waals surface area contributed by atoms with Gasteiger partial charge in [0.25, 0.3) is 5.91 Å². The molecule has 128 valence electrons. The molecule has 3 heterocycles. The quantitative estimate of drug-likeness (QED) is 0.736. The Morgan fingerprint density at radius 2 is 2.00 bits per heavy atom. The van der Waals surface area contributed by atoms with Gasteiger partial charge in [-0.25, -0.2) is 0 Å². The van der Waals surface area contributed by atoms with Gasteiger partial charge in [0.1, 0.15) is 0 Å². The highest BCUT2D eigenvalue weighted by atomic mass is 16.2. The molecule has 0 bridgehead atoms. The second-order valence-electron chi connectivity index (χ2n) is 6.29. The van der Waals surface area contributed by atoms with Gasteiger partial charge in [0, 0.05) is 25.5 Å². The van der Waals surface area contributed by atoms with Crippen LogP contribution in [0.1, 0.15) is 35.1 Å². The van der Waals surface area contributed by atoms with Gasteiger partial charge in [0.15, 0.2) is 5.69 Å². The highest BCUT2D eigenvalue weighted by Crippen LogP contribution is 2.22. The van der Waals surface area contributed by atoms with E-state index in [2.05, 4.69) is 15.3 Å². The predicted octanol–water partition coefficient (Wildman–Crippen LogP) is 2.25. The third kappa shape index (κ3) is 3.05. The molecule has 0 aliphatic carbocycles. The zero-order chi connectivity index (χ0) is 17.2. The Balaban J connectivity index is 1.55. The van der Waals surface area contributed by atoms with Crippen LogP contribution in [0.4, 0.5) is 0 Å². The number of nitrogens with zero attached hydrogens (tertiary/aromatic N) is 6. The van der Waals surface area contributed by atoms with Gasteiger partial charge in [0.2, 0.25) is 0 Å². The van der Waals surface area contributed by atoms with Gasteiger partial charge in [-0.3, -0.25) is 9.48 Å². The molecule has 2 aromatic heterocycles. The molecule has 0 radical (unpaired) electrons. The fourth-order valence-corrected chi connectivity index (χ4v) is 3.25. The molecular weight excluding hydrogens is 316 g/mol. The minimum absolute atomic E-state index is 0.0588. The summed E-state index contributed by atoms with van der Waals surface area (Å²) in [5.74, 6) is -0.0588. The summed E-state index contributed by atoms with van der Waals surface area (Å²) in [5.41, 5.74) is 1.91. The van der Waals surface area contributed by atoms with Crippen LogP contribution in [0.25, 0.3) is 5.69 Å². The van der Waals surface area contributed by atoms with E-state index in [0.29, 0.717) is 17.9 Å². The molecule has 25 heavy (non-hydrogen) atoms. The van der Waals surface area contributed by atoms with Crippen LogP contribution >= 0.6 is 0 Å². The second kappa shape index (κ2) is 6.51. The lowest BCUT2D eigenvalue weighted by molar-refractivity contribution is 0.0666. The molecule has 1 atom stereocenters. The molecule has 1 aliphatic heterocycles. The third-order valence-electron chi connectivity index (χ3n) is 4.55. The monoisotopic (exact) mass is 336 g/mol. The first-order chi connectivity index (χ1) is 12.2. The molecule has 1 aromatic carbocycles. The standard InChI is InChI=1S/C18H20N6O/c1-14-17(21-24(20-14)15-7-3-2-4-8-15)18(25)22-11-5-9-16(13-22)23-12-6-10-19-23/h2-4,6-8,10,12,16H,5,9,11,13H2,1H3. The summed E-state index contributed by atoms with van der Waals surface area (Å²) in [4.78, 5) is 16.3. The van der Waals surface area contributed by atoms with Crippen molar-refractivity contribution >= 4 is 5.91 Å². The number of aryl methyl sites for hydroxylation is 1. The zero-order valence-electron chi connectivity index (χ0n) is 14.1. The van der Waals surface area contributed by atoms with Crippen molar-refractivity contribution in [2.45, 2.75) is 25.8 Å². The summed E-state index contributed by atoms with van der Waals surface area (Å²) in [6.07, 6.45) is 5.72. The number of rotatable bonds is 3. The topological polar surface area (TPSA) is 68.8 Å². The van der Waals surface area contributed by atoms with E-state index in [1.165, 1.54) is 4.80 Å². The molecule has 1 aliphatic rings. The van der Waals surface area contributed by atoms with E-state index in [9.17, 15) is 4.79 Å². The highest BCUT2D eigenvalue weighted by Gasteiger charge is 2.28. The van der Waals surface area contributed by atoms with E-state index < -0.39 is 0 Å². The summed E-state index contributed by atoms with van der Waals surface area (Å²) in [7, 11) is 0. The minimum Gasteiger partial charge on any atom is -0.335 e. The molecular formula is C18H20N6O. The molecule has 1 saturated heterocycles. The van der Waals surface area contributed by atoms with Crippen molar-refractivity contribution in [3.05, 3.63) is 60.2 Å². The van der Waals surface area contributed by atoms with Gasteiger partial charge in [-0.1, -0.05) is 18.2 Å². The average Bonchev–Trinajstić information content (AvgIpc) is 3.32. The number of likely N-dealkylation sites (tertiary alicyclic amines) is 1. The van der Waals surface area contributed by atoms with Gasteiger partial charge in [0.05, 0.1) is 17.4 Å². The summed E-state index contributed by atoms with van der Waals surface area (Å²) in [6.45, 7) is 3.22. The van der Waals surface area contributed by atoms with Crippen molar-refractivity contribution in [2.75, 3.05) is 13.1 Å². The van der Waals surface area contributed by atoms with Crippen molar-refractivity contribution in [3.63, 3.8) is 0 Å². The number of piperidine rings is 1. The number of carbonyl (C=O) groups is 1. The van der Waals surface area contributed by atoms with E-state index in [1.54, 1.807) is 6.20 Å². The smallest absolute Gasteiger partial charge is 0.276 e. The number of para-hydroxylation sites is 1. The van der Waals surface area contributed by atoms with E-state index in [1.807, 2.05) is 59.1 Å². The Hall–Kier alpha value is -2.96. The fraction of sp³-hybridized carbons (Fsp3) is 0.333. The number of hydrogen-bond donors (Lipinski definition) is 0. The van der Waals surface area contributed by atoms with Crippen molar-refractivity contribution in [3.8, 4) is 5.69 Å². The van der Waals surface area contributed by atoms with Crippen molar-refractivity contribution in [1.29, 1.82) is 0 Å². The number of carbonyl (C=O) groups excluding carboxylic acids is 1. The molecule has 0 N–H and O–H groups in total. The second-order valence-corrected chi connectivity index (χ2v) is 6.29. The van der Waals surface area contributed by atoms with Gasteiger partial charge in [-0.15, -0.1) is 5.10 Å². The molecule has 4 rings (SSSR count). The Labute approximate surface area is 145 Å². The zero-order valence-corrected chi connectivity index (χ0v) is 14.1. The van der Waals surface area contributed by atoms with Crippen LogP contribution in [0.2, 0.25) is 0 Å². The molecule has 1 fully saturated rings. The third-order valence-corrected chi connectivity index (χ3v) is 4.55. The van der Waals surface area contributed by atoms with Gasteiger partial charge in [-0.05, 0) is 38.0 Å². The summed E-state index contributed by atoms with van der Waals surface area (Å²) < 4.78 is 1.94. The van der Waals surface area contributed by atoms with Crippen LogP contribution in [0.3, 0.4) is 0 Å². The summed E-state index contributed by atoms with van der Waals surface area (Å²) in [6, 6.07) is 11.8.